The Bertz CT molecular complexity index is 448. The largest absolute Gasteiger partial charge is 0.370 e. The second-order valence-electron chi connectivity index (χ2n) is 4.36. The molecule has 1 fully saturated rings. The molecule has 0 bridgehead atoms. The van der Waals surface area contributed by atoms with Crippen molar-refractivity contribution in [2.75, 3.05) is 24.6 Å². The normalized spacial score (nSPS) is 16.1. The number of nitrogens with two attached hydrogens (primary N) is 1. The third kappa shape index (κ3) is 4.83. The van der Waals surface area contributed by atoms with E-state index in [1.54, 1.807) is 13.0 Å². The Morgan fingerprint density at radius 1 is 1.42 bits per heavy atom. The summed E-state index contributed by atoms with van der Waals surface area (Å²) in [6, 6.07) is 5.05. The van der Waals surface area contributed by atoms with Crippen LogP contribution in [0.25, 0.3) is 0 Å². The van der Waals surface area contributed by atoms with Gasteiger partial charge in [-0.05, 0) is 24.1 Å². The van der Waals surface area contributed by atoms with Crippen LogP contribution >= 0.6 is 35.7 Å². The number of hydrogen-bond donors (Lipinski definition) is 1. The van der Waals surface area contributed by atoms with E-state index in [0.717, 1.165) is 30.2 Å². The lowest BCUT2D eigenvalue weighted by molar-refractivity contribution is 0.455. The van der Waals surface area contributed by atoms with Gasteiger partial charge < -0.3 is 10.6 Å². The number of nitrogens with zero attached hydrogens (tertiary/aromatic N) is 2. The minimum atomic E-state index is -0.177. The van der Waals surface area contributed by atoms with Crippen LogP contribution in [-0.4, -0.2) is 35.5 Å². The van der Waals surface area contributed by atoms with Crippen molar-refractivity contribution < 1.29 is 4.39 Å². The SMILES string of the molecule is Cc1cc(CN=C(N)N2CCSCC2)ccc1F.I. The summed E-state index contributed by atoms with van der Waals surface area (Å²) < 4.78 is 13.1. The van der Waals surface area contributed by atoms with E-state index < -0.39 is 0 Å². The number of guanidine groups is 1. The quantitative estimate of drug-likeness (QED) is 0.476. The van der Waals surface area contributed by atoms with Gasteiger partial charge in [-0.2, -0.15) is 11.8 Å². The van der Waals surface area contributed by atoms with Gasteiger partial charge in [0.15, 0.2) is 5.96 Å². The van der Waals surface area contributed by atoms with Gasteiger partial charge in [0.25, 0.3) is 0 Å². The molecule has 1 aliphatic rings. The predicted molar refractivity (Wildman–Crippen MR) is 90.8 cm³/mol. The summed E-state index contributed by atoms with van der Waals surface area (Å²) in [5.74, 6) is 2.62. The molecule has 3 nitrogen and oxygen atoms in total. The van der Waals surface area contributed by atoms with Gasteiger partial charge >= 0.3 is 0 Å². The average molecular weight is 395 g/mol. The van der Waals surface area contributed by atoms with Gasteiger partial charge in [0.1, 0.15) is 5.82 Å². The minimum Gasteiger partial charge on any atom is -0.370 e. The third-order valence-corrected chi connectivity index (χ3v) is 3.92. The molecule has 1 aliphatic heterocycles. The first kappa shape index (κ1) is 16.6. The Hall–Kier alpha value is -0.500. The topological polar surface area (TPSA) is 41.6 Å². The number of benzene rings is 1. The van der Waals surface area contributed by atoms with Gasteiger partial charge in [-0.1, -0.05) is 12.1 Å². The van der Waals surface area contributed by atoms with Crippen LogP contribution < -0.4 is 5.73 Å². The molecule has 19 heavy (non-hydrogen) atoms. The van der Waals surface area contributed by atoms with Crippen molar-refractivity contribution in [1.82, 2.24) is 4.90 Å². The van der Waals surface area contributed by atoms with E-state index >= 15 is 0 Å². The van der Waals surface area contributed by atoms with Crippen LogP contribution in [0.5, 0.6) is 0 Å². The van der Waals surface area contributed by atoms with Gasteiger partial charge in [0, 0.05) is 24.6 Å². The molecule has 0 atom stereocenters. The highest BCUT2D eigenvalue weighted by Crippen LogP contribution is 2.11. The van der Waals surface area contributed by atoms with E-state index in [2.05, 4.69) is 9.89 Å². The Morgan fingerprint density at radius 2 is 2.11 bits per heavy atom. The molecule has 0 amide bonds. The summed E-state index contributed by atoms with van der Waals surface area (Å²) in [5.41, 5.74) is 7.59. The molecule has 1 aromatic carbocycles. The van der Waals surface area contributed by atoms with E-state index in [9.17, 15) is 4.39 Å². The maximum atomic E-state index is 13.1. The van der Waals surface area contributed by atoms with E-state index in [-0.39, 0.29) is 29.8 Å². The van der Waals surface area contributed by atoms with E-state index in [1.165, 1.54) is 6.07 Å². The van der Waals surface area contributed by atoms with Crippen molar-refractivity contribution in [2.45, 2.75) is 13.5 Å². The van der Waals surface area contributed by atoms with Gasteiger partial charge in [0.2, 0.25) is 0 Å². The minimum absolute atomic E-state index is 0. The smallest absolute Gasteiger partial charge is 0.191 e. The second-order valence-corrected chi connectivity index (χ2v) is 5.58. The zero-order valence-corrected chi connectivity index (χ0v) is 14.1. The Kier molecular flexibility index (Phi) is 6.92. The monoisotopic (exact) mass is 395 g/mol. The molecule has 1 aromatic rings. The molecule has 0 spiro atoms. The summed E-state index contributed by atoms with van der Waals surface area (Å²) in [4.78, 5) is 6.48. The van der Waals surface area contributed by atoms with E-state index in [4.69, 9.17) is 5.73 Å². The summed E-state index contributed by atoms with van der Waals surface area (Å²) in [7, 11) is 0. The molecule has 2 rings (SSSR count). The van der Waals surface area contributed by atoms with Gasteiger partial charge in [-0.25, -0.2) is 9.38 Å². The molecule has 2 N–H and O–H groups in total. The van der Waals surface area contributed by atoms with Crippen LogP contribution in [0.2, 0.25) is 0 Å². The molecule has 0 saturated carbocycles. The molecule has 0 radical (unpaired) electrons. The molecule has 1 saturated heterocycles. The highest BCUT2D eigenvalue weighted by molar-refractivity contribution is 14.0. The van der Waals surface area contributed by atoms with Gasteiger partial charge in [-0.3, -0.25) is 0 Å². The molecule has 6 heteroatoms. The maximum Gasteiger partial charge on any atom is 0.191 e. The maximum absolute atomic E-state index is 13.1. The first-order valence-electron chi connectivity index (χ1n) is 6.04. The predicted octanol–water partition coefficient (Wildman–Crippen LogP) is 2.62. The fourth-order valence-electron chi connectivity index (χ4n) is 1.87. The molecular weight excluding hydrogens is 376 g/mol. The van der Waals surface area contributed by atoms with Gasteiger partial charge in [0.05, 0.1) is 6.54 Å². The van der Waals surface area contributed by atoms with Crippen LogP contribution in [0.4, 0.5) is 4.39 Å². The fourth-order valence-corrected chi connectivity index (χ4v) is 2.77. The molecule has 0 unspecified atom stereocenters. The van der Waals surface area contributed by atoms with Crippen LogP contribution in [0, 0.1) is 12.7 Å². The molecule has 0 aromatic heterocycles. The number of thioether (sulfide) groups is 1. The van der Waals surface area contributed by atoms with Crippen LogP contribution in [0.15, 0.2) is 23.2 Å². The molecule has 1 heterocycles. The Balaban J connectivity index is 0.00000180. The zero-order valence-electron chi connectivity index (χ0n) is 10.9. The molecule has 0 aliphatic carbocycles. The fraction of sp³-hybridized carbons (Fsp3) is 0.462. The average Bonchev–Trinajstić information content (AvgIpc) is 2.41. The van der Waals surface area contributed by atoms with Crippen molar-refractivity contribution in [3.8, 4) is 0 Å². The van der Waals surface area contributed by atoms with Crippen molar-refractivity contribution in [3.05, 3.63) is 35.1 Å². The number of hydrogen-bond acceptors (Lipinski definition) is 2. The zero-order chi connectivity index (χ0) is 13.0. The summed E-state index contributed by atoms with van der Waals surface area (Å²) in [5, 5.41) is 0. The van der Waals surface area contributed by atoms with E-state index in [1.807, 2.05) is 17.8 Å². The lowest BCUT2D eigenvalue weighted by Crippen LogP contribution is -2.42. The number of aryl methyl sites for hydroxylation is 1. The highest BCUT2D eigenvalue weighted by atomic mass is 127. The Morgan fingerprint density at radius 3 is 2.74 bits per heavy atom. The van der Waals surface area contributed by atoms with Crippen molar-refractivity contribution >= 4 is 41.7 Å². The second kappa shape index (κ2) is 7.94. The van der Waals surface area contributed by atoms with Gasteiger partial charge in [-0.15, -0.1) is 24.0 Å². The summed E-state index contributed by atoms with van der Waals surface area (Å²) in [6.07, 6.45) is 0. The van der Waals surface area contributed by atoms with Crippen LogP contribution in [-0.2, 0) is 6.54 Å². The summed E-state index contributed by atoms with van der Waals surface area (Å²) in [6.45, 7) is 4.19. The highest BCUT2D eigenvalue weighted by Gasteiger charge is 2.11. The standard InChI is InChI=1S/C13H18FN3S.HI/c1-10-8-11(2-3-12(10)14)9-16-13(15)17-4-6-18-7-5-17;/h2-3,8H,4-7,9H2,1H3,(H2,15,16);1H. The van der Waals surface area contributed by atoms with Crippen molar-refractivity contribution in [1.29, 1.82) is 0 Å². The number of halogens is 2. The Labute approximate surface area is 134 Å². The van der Waals surface area contributed by atoms with E-state index in [0.29, 0.717) is 18.1 Å². The lowest BCUT2D eigenvalue weighted by Gasteiger charge is -2.27. The third-order valence-electron chi connectivity index (χ3n) is 2.98. The van der Waals surface area contributed by atoms with Crippen molar-refractivity contribution in [2.24, 2.45) is 10.7 Å². The first-order chi connectivity index (χ1) is 8.66. The summed E-state index contributed by atoms with van der Waals surface area (Å²) >= 11 is 1.94. The number of rotatable bonds is 2. The van der Waals surface area contributed by atoms with Crippen LogP contribution in [0.1, 0.15) is 11.1 Å². The lowest BCUT2D eigenvalue weighted by atomic mass is 10.1. The molecule has 106 valence electrons. The van der Waals surface area contributed by atoms with Crippen molar-refractivity contribution in [3.63, 3.8) is 0 Å². The van der Waals surface area contributed by atoms with Crippen LogP contribution in [0.3, 0.4) is 0 Å². The first-order valence-corrected chi connectivity index (χ1v) is 7.20. The molecular formula is C13H19FIN3S. The number of aliphatic imine (C=N–C) groups is 1.